The molecule has 0 aliphatic heterocycles. The first-order chi connectivity index (χ1) is 7.75. The van der Waals surface area contributed by atoms with Gasteiger partial charge in [0.15, 0.2) is 0 Å². The minimum Gasteiger partial charge on any atom is -0.481 e. The second kappa shape index (κ2) is 5.38. The monoisotopic (exact) mass is 241 g/mol. The average Bonchev–Trinajstić information content (AvgIpc) is 2.25. The Hall–Kier alpha value is -0.570. The predicted molar refractivity (Wildman–Crippen MR) is 70.1 cm³/mol. The number of rotatable bonds is 3. The topological polar surface area (TPSA) is 40.5 Å². The van der Waals surface area contributed by atoms with Crippen LogP contribution in [0.1, 0.15) is 53.4 Å². The van der Waals surface area contributed by atoms with E-state index in [0.717, 1.165) is 25.7 Å². The summed E-state index contributed by atoms with van der Waals surface area (Å²) in [4.78, 5) is 13.6. The highest BCUT2D eigenvalue weighted by atomic mass is 16.4. The first-order valence-electron chi connectivity index (χ1n) is 6.70. The second-order valence-electron chi connectivity index (χ2n) is 6.50. The number of aliphatic carboxylic acids is 1. The number of hydrogen-bond donors (Lipinski definition) is 1. The summed E-state index contributed by atoms with van der Waals surface area (Å²) in [6, 6.07) is 0.600. The third kappa shape index (κ3) is 3.44. The lowest BCUT2D eigenvalue weighted by Gasteiger charge is -2.43. The Bertz CT molecular complexity index is 270. The number of carbonyl (C=O) groups is 1. The second-order valence-corrected chi connectivity index (χ2v) is 6.50. The SMILES string of the molecule is CC(N(C)C1CCCCC1C(=O)O)C(C)(C)C. The van der Waals surface area contributed by atoms with Crippen LogP contribution in [0, 0.1) is 11.3 Å². The Balaban J connectivity index is 2.78. The van der Waals surface area contributed by atoms with Gasteiger partial charge in [-0.05, 0) is 32.2 Å². The molecule has 0 bridgehead atoms. The van der Waals surface area contributed by atoms with Crippen LogP contribution in [0.15, 0.2) is 0 Å². The van der Waals surface area contributed by atoms with Gasteiger partial charge in [0.2, 0.25) is 0 Å². The molecule has 3 atom stereocenters. The van der Waals surface area contributed by atoms with E-state index in [1.165, 1.54) is 0 Å². The largest absolute Gasteiger partial charge is 0.481 e. The van der Waals surface area contributed by atoms with E-state index < -0.39 is 5.97 Å². The molecule has 1 fully saturated rings. The number of carboxylic acids is 1. The Labute approximate surface area is 105 Å². The van der Waals surface area contributed by atoms with E-state index in [2.05, 4.69) is 39.6 Å². The Morgan fingerprint density at radius 2 is 1.82 bits per heavy atom. The van der Waals surface area contributed by atoms with Crippen LogP contribution in [0.5, 0.6) is 0 Å². The van der Waals surface area contributed by atoms with Crippen LogP contribution < -0.4 is 0 Å². The molecule has 1 aliphatic carbocycles. The number of hydrogen-bond acceptors (Lipinski definition) is 2. The van der Waals surface area contributed by atoms with Crippen molar-refractivity contribution >= 4 is 5.97 Å². The van der Waals surface area contributed by atoms with Crippen molar-refractivity contribution in [1.29, 1.82) is 0 Å². The van der Waals surface area contributed by atoms with E-state index in [1.807, 2.05) is 0 Å². The molecule has 0 radical (unpaired) electrons. The summed E-state index contributed by atoms with van der Waals surface area (Å²) in [5.41, 5.74) is 0.190. The van der Waals surface area contributed by atoms with Crippen LogP contribution in [0.3, 0.4) is 0 Å². The molecule has 1 aliphatic rings. The molecule has 0 aromatic rings. The molecule has 0 amide bonds. The fourth-order valence-corrected chi connectivity index (χ4v) is 2.78. The van der Waals surface area contributed by atoms with Gasteiger partial charge in [-0.25, -0.2) is 0 Å². The normalized spacial score (nSPS) is 28.1. The van der Waals surface area contributed by atoms with Gasteiger partial charge in [-0.3, -0.25) is 9.69 Å². The minimum atomic E-state index is -0.623. The molecule has 3 unspecified atom stereocenters. The van der Waals surface area contributed by atoms with Crippen LogP contribution in [-0.2, 0) is 4.79 Å². The van der Waals surface area contributed by atoms with Crippen molar-refractivity contribution in [3.05, 3.63) is 0 Å². The van der Waals surface area contributed by atoms with Gasteiger partial charge in [-0.15, -0.1) is 0 Å². The molecule has 3 heteroatoms. The lowest BCUT2D eigenvalue weighted by molar-refractivity contribution is -0.146. The van der Waals surface area contributed by atoms with Crippen molar-refractivity contribution in [3.8, 4) is 0 Å². The zero-order valence-corrected chi connectivity index (χ0v) is 11.9. The van der Waals surface area contributed by atoms with E-state index in [0.29, 0.717) is 6.04 Å². The molecule has 0 heterocycles. The van der Waals surface area contributed by atoms with Crippen LogP contribution in [0.25, 0.3) is 0 Å². The molecule has 0 spiro atoms. The van der Waals surface area contributed by atoms with E-state index in [9.17, 15) is 9.90 Å². The van der Waals surface area contributed by atoms with Crippen molar-refractivity contribution in [2.24, 2.45) is 11.3 Å². The summed E-state index contributed by atoms with van der Waals surface area (Å²) in [6.45, 7) is 8.85. The standard InChI is InChI=1S/C14H27NO2/c1-10(14(2,3)4)15(5)12-9-7-6-8-11(12)13(16)17/h10-12H,6-9H2,1-5H3,(H,16,17). The average molecular weight is 241 g/mol. The Kier molecular flexibility index (Phi) is 4.59. The zero-order chi connectivity index (χ0) is 13.2. The van der Waals surface area contributed by atoms with Gasteiger partial charge in [-0.2, -0.15) is 0 Å². The predicted octanol–water partition coefficient (Wildman–Crippen LogP) is 3.00. The van der Waals surface area contributed by atoms with Crippen LogP contribution in [-0.4, -0.2) is 35.1 Å². The highest BCUT2D eigenvalue weighted by Crippen LogP contribution is 2.33. The molecule has 1 N–H and O–H groups in total. The van der Waals surface area contributed by atoms with E-state index in [4.69, 9.17) is 0 Å². The van der Waals surface area contributed by atoms with Gasteiger partial charge >= 0.3 is 5.97 Å². The lowest BCUT2D eigenvalue weighted by atomic mass is 9.80. The van der Waals surface area contributed by atoms with Crippen LogP contribution in [0.2, 0.25) is 0 Å². The Morgan fingerprint density at radius 3 is 2.29 bits per heavy atom. The summed E-state index contributed by atoms with van der Waals surface area (Å²) in [5.74, 6) is -0.804. The molecule has 0 aromatic heterocycles. The van der Waals surface area contributed by atoms with E-state index in [-0.39, 0.29) is 17.4 Å². The van der Waals surface area contributed by atoms with Crippen LogP contribution in [0.4, 0.5) is 0 Å². The van der Waals surface area contributed by atoms with Crippen molar-refractivity contribution < 1.29 is 9.90 Å². The summed E-state index contributed by atoms with van der Waals surface area (Å²) in [5, 5.41) is 9.32. The molecule has 100 valence electrons. The molecule has 17 heavy (non-hydrogen) atoms. The molecule has 0 aromatic carbocycles. The highest BCUT2D eigenvalue weighted by Gasteiger charge is 2.37. The summed E-state index contributed by atoms with van der Waals surface area (Å²) < 4.78 is 0. The zero-order valence-electron chi connectivity index (χ0n) is 11.9. The van der Waals surface area contributed by atoms with Crippen molar-refractivity contribution in [3.63, 3.8) is 0 Å². The molecule has 1 rings (SSSR count). The fraction of sp³-hybridized carbons (Fsp3) is 0.929. The number of nitrogens with zero attached hydrogens (tertiary/aromatic N) is 1. The van der Waals surface area contributed by atoms with Gasteiger partial charge in [0.05, 0.1) is 5.92 Å². The maximum atomic E-state index is 11.3. The van der Waals surface area contributed by atoms with E-state index >= 15 is 0 Å². The van der Waals surface area contributed by atoms with Crippen molar-refractivity contribution in [1.82, 2.24) is 4.90 Å². The Morgan fingerprint density at radius 1 is 1.29 bits per heavy atom. The maximum absolute atomic E-state index is 11.3. The van der Waals surface area contributed by atoms with Gasteiger partial charge in [0, 0.05) is 12.1 Å². The van der Waals surface area contributed by atoms with Gasteiger partial charge in [-0.1, -0.05) is 33.6 Å². The lowest BCUT2D eigenvalue weighted by Crippen LogP contribution is -2.51. The number of carboxylic acid groups (broad SMARTS) is 1. The molecular formula is C14H27NO2. The fourth-order valence-electron chi connectivity index (χ4n) is 2.78. The highest BCUT2D eigenvalue weighted by molar-refractivity contribution is 5.71. The first kappa shape index (κ1) is 14.5. The quantitative estimate of drug-likeness (QED) is 0.825. The molecule has 0 saturated heterocycles. The summed E-state index contributed by atoms with van der Waals surface area (Å²) in [6.07, 6.45) is 4.08. The summed E-state index contributed by atoms with van der Waals surface area (Å²) >= 11 is 0. The summed E-state index contributed by atoms with van der Waals surface area (Å²) in [7, 11) is 2.09. The van der Waals surface area contributed by atoms with E-state index in [1.54, 1.807) is 0 Å². The van der Waals surface area contributed by atoms with Gasteiger partial charge < -0.3 is 5.11 Å². The van der Waals surface area contributed by atoms with Crippen LogP contribution >= 0.6 is 0 Å². The smallest absolute Gasteiger partial charge is 0.308 e. The van der Waals surface area contributed by atoms with Gasteiger partial charge in [0.1, 0.15) is 0 Å². The molecule has 3 nitrogen and oxygen atoms in total. The minimum absolute atomic E-state index is 0.182. The molecule has 1 saturated carbocycles. The van der Waals surface area contributed by atoms with Crippen molar-refractivity contribution in [2.45, 2.75) is 65.5 Å². The first-order valence-corrected chi connectivity index (χ1v) is 6.70. The van der Waals surface area contributed by atoms with Crippen molar-refractivity contribution in [2.75, 3.05) is 7.05 Å². The maximum Gasteiger partial charge on any atom is 0.308 e. The third-order valence-electron chi connectivity index (χ3n) is 4.43. The molecular weight excluding hydrogens is 214 g/mol. The van der Waals surface area contributed by atoms with Gasteiger partial charge in [0.25, 0.3) is 0 Å². The third-order valence-corrected chi connectivity index (χ3v) is 4.43.